The molecule has 0 saturated heterocycles. The minimum absolute atomic E-state index is 0.783. The number of rotatable bonds is 0. The Kier molecular flexibility index (Phi) is 1.62. The van der Waals surface area contributed by atoms with E-state index >= 15 is 0 Å². The maximum absolute atomic E-state index is 5.91. The second kappa shape index (κ2) is 2.95. The molecular weight excluding hydrogens is 184 g/mol. The summed E-state index contributed by atoms with van der Waals surface area (Å²) in [6, 6.07) is 14.1. The molecule has 72 valence electrons. The fourth-order valence-corrected chi connectivity index (χ4v) is 1.91. The zero-order chi connectivity index (χ0) is 10.3. The monoisotopic (exact) mass is 194 g/mol. The second-order valence-corrected chi connectivity index (χ2v) is 3.58. The molecule has 3 rings (SSSR count). The van der Waals surface area contributed by atoms with E-state index in [1.54, 1.807) is 6.20 Å². The molecule has 0 unspecified atom stereocenters. The quantitative estimate of drug-likeness (QED) is 0.559. The van der Waals surface area contributed by atoms with E-state index in [-0.39, 0.29) is 0 Å². The Morgan fingerprint density at radius 2 is 1.73 bits per heavy atom. The number of hydrogen-bond acceptors (Lipinski definition) is 2. The van der Waals surface area contributed by atoms with Gasteiger partial charge >= 0.3 is 0 Å². The summed E-state index contributed by atoms with van der Waals surface area (Å²) in [4.78, 5) is 4.39. The molecule has 1 heterocycles. The molecule has 0 amide bonds. The predicted octanol–water partition coefficient (Wildman–Crippen LogP) is 2.97. The number of benzene rings is 2. The molecule has 0 aliphatic rings. The third-order valence-corrected chi connectivity index (χ3v) is 2.67. The normalized spacial score (nSPS) is 10.9. The van der Waals surface area contributed by atoms with Crippen molar-refractivity contribution in [2.45, 2.75) is 0 Å². The van der Waals surface area contributed by atoms with Crippen LogP contribution in [0, 0.1) is 0 Å². The van der Waals surface area contributed by atoms with Gasteiger partial charge in [-0.1, -0.05) is 36.4 Å². The zero-order valence-electron chi connectivity index (χ0n) is 8.14. The van der Waals surface area contributed by atoms with Crippen molar-refractivity contribution in [1.29, 1.82) is 0 Å². The largest absolute Gasteiger partial charge is 0.398 e. The van der Waals surface area contributed by atoms with Crippen LogP contribution in [0.15, 0.2) is 48.7 Å². The Hall–Kier alpha value is -2.09. The number of anilines is 1. The third-order valence-electron chi connectivity index (χ3n) is 2.67. The Labute approximate surface area is 87.4 Å². The molecule has 0 fully saturated rings. The van der Waals surface area contributed by atoms with E-state index in [9.17, 15) is 0 Å². The molecule has 0 aliphatic heterocycles. The molecule has 1 aromatic heterocycles. The van der Waals surface area contributed by atoms with Crippen LogP contribution in [0.4, 0.5) is 5.69 Å². The number of nitrogens with zero attached hydrogens (tertiary/aromatic N) is 1. The number of aromatic nitrogens is 1. The van der Waals surface area contributed by atoms with Crippen molar-refractivity contribution in [3.8, 4) is 0 Å². The molecule has 15 heavy (non-hydrogen) atoms. The van der Waals surface area contributed by atoms with Gasteiger partial charge in [-0.2, -0.15) is 0 Å². The number of fused-ring (bicyclic) bond motifs is 3. The third kappa shape index (κ3) is 1.15. The van der Waals surface area contributed by atoms with E-state index in [1.807, 2.05) is 24.3 Å². The Bertz CT molecular complexity index is 644. The highest BCUT2D eigenvalue weighted by Crippen LogP contribution is 2.26. The van der Waals surface area contributed by atoms with Crippen LogP contribution >= 0.6 is 0 Å². The van der Waals surface area contributed by atoms with E-state index < -0.39 is 0 Å². The fraction of sp³-hybridized carbons (Fsp3) is 0. The number of nitrogen functional groups attached to an aromatic ring is 1. The van der Waals surface area contributed by atoms with Gasteiger partial charge in [0.05, 0.1) is 5.52 Å². The Balaban J connectivity index is 2.60. The van der Waals surface area contributed by atoms with E-state index in [1.165, 1.54) is 5.39 Å². The average molecular weight is 194 g/mol. The minimum Gasteiger partial charge on any atom is -0.398 e. The van der Waals surface area contributed by atoms with Gasteiger partial charge in [0.15, 0.2) is 0 Å². The van der Waals surface area contributed by atoms with E-state index in [4.69, 9.17) is 5.73 Å². The second-order valence-electron chi connectivity index (χ2n) is 3.58. The Morgan fingerprint density at radius 1 is 0.867 bits per heavy atom. The van der Waals surface area contributed by atoms with E-state index in [2.05, 4.69) is 23.2 Å². The van der Waals surface area contributed by atoms with Crippen molar-refractivity contribution in [2.24, 2.45) is 0 Å². The highest BCUT2D eigenvalue weighted by molar-refractivity contribution is 6.08. The lowest BCUT2D eigenvalue weighted by atomic mass is 10.1. The first-order chi connectivity index (χ1) is 7.36. The summed E-state index contributed by atoms with van der Waals surface area (Å²) in [5, 5.41) is 3.38. The van der Waals surface area contributed by atoms with Gasteiger partial charge in [-0.05, 0) is 11.5 Å². The van der Waals surface area contributed by atoms with Gasteiger partial charge in [0, 0.05) is 22.7 Å². The fourth-order valence-electron chi connectivity index (χ4n) is 1.91. The highest BCUT2D eigenvalue weighted by Gasteiger charge is 2.02. The number of pyridine rings is 1. The average Bonchev–Trinajstić information content (AvgIpc) is 2.29. The van der Waals surface area contributed by atoms with Gasteiger partial charge in [0.2, 0.25) is 0 Å². The maximum Gasteiger partial charge on any atom is 0.0800 e. The SMILES string of the molecule is Nc1ccnc2c1ccc1ccccc12. The van der Waals surface area contributed by atoms with E-state index in [0.717, 1.165) is 22.0 Å². The molecule has 2 aromatic carbocycles. The zero-order valence-corrected chi connectivity index (χ0v) is 8.14. The molecule has 0 spiro atoms. The van der Waals surface area contributed by atoms with Crippen molar-refractivity contribution in [3.63, 3.8) is 0 Å². The van der Waals surface area contributed by atoms with Crippen LogP contribution < -0.4 is 5.73 Å². The summed E-state index contributed by atoms with van der Waals surface area (Å²) in [6.45, 7) is 0. The summed E-state index contributed by atoms with van der Waals surface area (Å²) in [6.07, 6.45) is 1.75. The number of hydrogen-bond donors (Lipinski definition) is 1. The van der Waals surface area contributed by atoms with Crippen LogP contribution in [-0.2, 0) is 0 Å². The summed E-state index contributed by atoms with van der Waals surface area (Å²) in [5.41, 5.74) is 7.67. The molecule has 2 nitrogen and oxygen atoms in total. The van der Waals surface area contributed by atoms with Crippen LogP contribution in [0.2, 0.25) is 0 Å². The molecule has 2 heteroatoms. The lowest BCUT2D eigenvalue weighted by molar-refractivity contribution is 1.43. The van der Waals surface area contributed by atoms with Crippen molar-refractivity contribution >= 4 is 27.4 Å². The molecule has 2 N–H and O–H groups in total. The predicted molar refractivity (Wildman–Crippen MR) is 63.7 cm³/mol. The van der Waals surface area contributed by atoms with Crippen molar-refractivity contribution < 1.29 is 0 Å². The summed E-state index contributed by atoms with van der Waals surface area (Å²) in [5.74, 6) is 0. The van der Waals surface area contributed by atoms with Gasteiger partial charge < -0.3 is 5.73 Å². The first kappa shape index (κ1) is 8.24. The summed E-state index contributed by atoms with van der Waals surface area (Å²) >= 11 is 0. The lowest BCUT2D eigenvalue weighted by Gasteiger charge is -2.04. The molecule has 0 bridgehead atoms. The van der Waals surface area contributed by atoms with Crippen LogP contribution in [0.25, 0.3) is 21.7 Å². The van der Waals surface area contributed by atoms with E-state index in [0.29, 0.717) is 0 Å². The van der Waals surface area contributed by atoms with Gasteiger partial charge in [0.1, 0.15) is 0 Å². The molecular formula is C13H10N2. The van der Waals surface area contributed by atoms with Gasteiger partial charge in [-0.25, -0.2) is 0 Å². The van der Waals surface area contributed by atoms with Crippen molar-refractivity contribution in [2.75, 3.05) is 5.73 Å². The molecule has 0 atom stereocenters. The lowest BCUT2D eigenvalue weighted by Crippen LogP contribution is -1.89. The molecule has 0 aliphatic carbocycles. The Morgan fingerprint density at radius 3 is 2.67 bits per heavy atom. The minimum atomic E-state index is 0.783. The molecule has 0 radical (unpaired) electrons. The van der Waals surface area contributed by atoms with Crippen molar-refractivity contribution in [1.82, 2.24) is 4.98 Å². The standard InChI is InChI=1S/C13H10N2/c14-12-7-8-15-13-10-4-2-1-3-9(10)5-6-11(12)13/h1-8H,(H2,14,15). The van der Waals surface area contributed by atoms with Crippen LogP contribution in [0.5, 0.6) is 0 Å². The molecule has 3 aromatic rings. The smallest absolute Gasteiger partial charge is 0.0800 e. The van der Waals surface area contributed by atoms with Crippen LogP contribution in [-0.4, -0.2) is 4.98 Å². The topological polar surface area (TPSA) is 38.9 Å². The number of nitrogens with two attached hydrogens (primary N) is 1. The summed E-state index contributed by atoms with van der Waals surface area (Å²) in [7, 11) is 0. The van der Waals surface area contributed by atoms with Crippen LogP contribution in [0.1, 0.15) is 0 Å². The van der Waals surface area contributed by atoms with Crippen molar-refractivity contribution in [3.05, 3.63) is 48.7 Å². The first-order valence-electron chi connectivity index (χ1n) is 4.88. The van der Waals surface area contributed by atoms with Gasteiger partial charge in [0.25, 0.3) is 0 Å². The van der Waals surface area contributed by atoms with Crippen LogP contribution in [0.3, 0.4) is 0 Å². The van der Waals surface area contributed by atoms with Gasteiger partial charge in [-0.15, -0.1) is 0 Å². The van der Waals surface area contributed by atoms with Gasteiger partial charge in [-0.3, -0.25) is 4.98 Å². The molecule has 0 saturated carbocycles. The highest BCUT2D eigenvalue weighted by atomic mass is 14.7. The summed E-state index contributed by atoms with van der Waals surface area (Å²) < 4.78 is 0. The first-order valence-corrected chi connectivity index (χ1v) is 4.88. The maximum atomic E-state index is 5.91.